The van der Waals surface area contributed by atoms with Crippen LogP contribution in [0.25, 0.3) is 0 Å². The van der Waals surface area contributed by atoms with E-state index in [4.69, 9.17) is 11.6 Å². The van der Waals surface area contributed by atoms with Crippen LogP contribution in [0.3, 0.4) is 0 Å². The molecule has 136 valence electrons. The highest BCUT2D eigenvalue weighted by Crippen LogP contribution is 2.16. The Labute approximate surface area is 170 Å². The number of halogens is 2. The first-order valence-electron chi connectivity index (χ1n) is 8.21. The lowest BCUT2D eigenvalue weighted by Gasteiger charge is -2.08. The number of hydrogen-bond acceptors (Lipinski definition) is 2. The summed E-state index contributed by atoms with van der Waals surface area (Å²) >= 11 is 9.20. The second-order valence-corrected chi connectivity index (χ2v) is 7.24. The van der Waals surface area contributed by atoms with Crippen molar-refractivity contribution in [3.8, 4) is 0 Å². The number of hydrogen-bond donors (Lipinski definition) is 2. The third kappa shape index (κ3) is 5.67. The summed E-state index contributed by atoms with van der Waals surface area (Å²) in [7, 11) is 0. The Kier molecular flexibility index (Phi) is 6.27. The van der Waals surface area contributed by atoms with Gasteiger partial charge in [-0.3, -0.25) is 9.59 Å². The van der Waals surface area contributed by atoms with E-state index in [0.29, 0.717) is 22.0 Å². The van der Waals surface area contributed by atoms with Crippen molar-refractivity contribution in [1.82, 2.24) is 0 Å². The Bertz CT molecular complexity index is 939. The molecule has 0 atom stereocenters. The first kappa shape index (κ1) is 19.1. The highest BCUT2D eigenvalue weighted by molar-refractivity contribution is 9.10. The molecule has 27 heavy (non-hydrogen) atoms. The molecule has 2 amide bonds. The van der Waals surface area contributed by atoms with Gasteiger partial charge in [-0.15, -0.1) is 0 Å². The van der Waals surface area contributed by atoms with Crippen molar-refractivity contribution < 1.29 is 9.59 Å². The number of carbonyl (C=O) groups is 2. The van der Waals surface area contributed by atoms with Gasteiger partial charge in [0.1, 0.15) is 0 Å². The van der Waals surface area contributed by atoms with E-state index in [-0.39, 0.29) is 18.2 Å². The lowest BCUT2D eigenvalue weighted by Crippen LogP contribution is -2.15. The third-order valence-electron chi connectivity index (χ3n) is 3.81. The maximum atomic E-state index is 12.3. The minimum atomic E-state index is -0.212. The lowest BCUT2D eigenvalue weighted by molar-refractivity contribution is -0.115. The molecule has 3 aromatic rings. The molecule has 0 bridgehead atoms. The molecule has 2 N–H and O–H groups in total. The smallest absolute Gasteiger partial charge is 0.255 e. The molecule has 0 saturated heterocycles. The third-order valence-corrected chi connectivity index (χ3v) is 4.59. The quantitative estimate of drug-likeness (QED) is 0.544. The Hall–Kier alpha value is -2.63. The van der Waals surface area contributed by atoms with Gasteiger partial charge in [0.2, 0.25) is 5.91 Å². The van der Waals surface area contributed by atoms with E-state index in [2.05, 4.69) is 26.6 Å². The Morgan fingerprint density at radius 1 is 0.778 bits per heavy atom. The SMILES string of the molecule is O=C(Cc1ccc(Cl)cc1)Nc1ccc(C(=O)Nc2ccc(Br)cc2)cc1. The zero-order chi connectivity index (χ0) is 19.2. The van der Waals surface area contributed by atoms with Gasteiger partial charge >= 0.3 is 0 Å². The Morgan fingerprint density at radius 2 is 1.33 bits per heavy atom. The van der Waals surface area contributed by atoms with Crippen molar-refractivity contribution >= 4 is 50.7 Å². The van der Waals surface area contributed by atoms with Gasteiger partial charge in [-0.25, -0.2) is 0 Å². The first-order valence-corrected chi connectivity index (χ1v) is 9.38. The zero-order valence-corrected chi connectivity index (χ0v) is 16.5. The predicted octanol–water partition coefficient (Wildman–Crippen LogP) is 5.54. The highest BCUT2D eigenvalue weighted by atomic mass is 79.9. The number of amides is 2. The molecular formula is C21H16BrClN2O2. The molecule has 0 aliphatic rings. The lowest BCUT2D eigenvalue weighted by atomic mass is 10.1. The van der Waals surface area contributed by atoms with Gasteiger partial charge in [-0.1, -0.05) is 39.7 Å². The average molecular weight is 444 g/mol. The fraction of sp³-hybridized carbons (Fsp3) is 0.0476. The Balaban J connectivity index is 1.57. The minimum absolute atomic E-state index is 0.135. The summed E-state index contributed by atoms with van der Waals surface area (Å²) in [5.74, 6) is -0.347. The van der Waals surface area contributed by atoms with Crippen LogP contribution in [0.5, 0.6) is 0 Å². The van der Waals surface area contributed by atoms with Crippen molar-refractivity contribution in [2.24, 2.45) is 0 Å². The van der Waals surface area contributed by atoms with Crippen LogP contribution in [0.15, 0.2) is 77.3 Å². The number of anilines is 2. The molecule has 0 aromatic heterocycles. The van der Waals surface area contributed by atoms with Gasteiger partial charge in [0.05, 0.1) is 6.42 Å². The molecular weight excluding hydrogens is 428 g/mol. The van der Waals surface area contributed by atoms with E-state index >= 15 is 0 Å². The van der Waals surface area contributed by atoms with Crippen LogP contribution in [0.2, 0.25) is 5.02 Å². The normalized spacial score (nSPS) is 10.3. The second kappa shape index (κ2) is 8.84. The molecule has 6 heteroatoms. The van der Waals surface area contributed by atoms with E-state index in [1.165, 1.54) is 0 Å². The first-order chi connectivity index (χ1) is 13.0. The van der Waals surface area contributed by atoms with E-state index in [0.717, 1.165) is 10.0 Å². The monoisotopic (exact) mass is 442 g/mol. The summed E-state index contributed by atoms with van der Waals surface area (Å²) in [4.78, 5) is 24.4. The standard InChI is InChI=1S/C21H16BrClN2O2/c22-16-5-11-19(12-6-16)25-21(27)15-3-9-18(10-4-15)24-20(26)13-14-1-7-17(23)8-2-14/h1-12H,13H2,(H,24,26)(H,25,27). The molecule has 0 heterocycles. The van der Waals surface area contributed by atoms with Crippen LogP contribution in [0.1, 0.15) is 15.9 Å². The van der Waals surface area contributed by atoms with Crippen molar-refractivity contribution in [1.29, 1.82) is 0 Å². The van der Waals surface area contributed by atoms with Gasteiger partial charge in [0.15, 0.2) is 0 Å². The van der Waals surface area contributed by atoms with Gasteiger partial charge < -0.3 is 10.6 Å². The van der Waals surface area contributed by atoms with Gasteiger partial charge in [-0.05, 0) is 66.2 Å². The molecule has 0 aliphatic heterocycles. The summed E-state index contributed by atoms with van der Waals surface area (Å²) in [5, 5.41) is 6.28. The van der Waals surface area contributed by atoms with E-state index in [9.17, 15) is 9.59 Å². The summed E-state index contributed by atoms with van der Waals surface area (Å²) in [5.41, 5.74) is 2.73. The van der Waals surface area contributed by atoms with Crippen LogP contribution in [-0.4, -0.2) is 11.8 Å². The number of benzene rings is 3. The maximum absolute atomic E-state index is 12.3. The fourth-order valence-electron chi connectivity index (χ4n) is 2.43. The van der Waals surface area contributed by atoms with Crippen molar-refractivity contribution in [3.63, 3.8) is 0 Å². The van der Waals surface area contributed by atoms with Crippen molar-refractivity contribution in [3.05, 3.63) is 93.4 Å². The van der Waals surface area contributed by atoms with Crippen LogP contribution < -0.4 is 10.6 Å². The zero-order valence-electron chi connectivity index (χ0n) is 14.2. The van der Waals surface area contributed by atoms with Gasteiger partial charge in [0.25, 0.3) is 5.91 Å². The molecule has 0 unspecified atom stereocenters. The summed E-state index contributed by atoms with van der Waals surface area (Å²) in [6.07, 6.45) is 0.253. The number of nitrogens with one attached hydrogen (secondary N) is 2. The van der Waals surface area contributed by atoms with Crippen LogP contribution in [0.4, 0.5) is 11.4 Å². The number of rotatable bonds is 5. The second-order valence-electron chi connectivity index (χ2n) is 5.89. The van der Waals surface area contributed by atoms with Crippen molar-refractivity contribution in [2.75, 3.05) is 10.6 Å². The summed E-state index contributed by atoms with van der Waals surface area (Å²) in [6.45, 7) is 0. The molecule has 3 aromatic carbocycles. The van der Waals surface area contributed by atoms with Crippen molar-refractivity contribution in [2.45, 2.75) is 6.42 Å². The molecule has 0 saturated carbocycles. The largest absolute Gasteiger partial charge is 0.326 e. The van der Waals surface area contributed by atoms with Crippen LogP contribution in [-0.2, 0) is 11.2 Å². The molecule has 3 rings (SSSR count). The van der Waals surface area contributed by atoms with E-state index < -0.39 is 0 Å². The molecule has 0 radical (unpaired) electrons. The van der Waals surface area contributed by atoms with Gasteiger partial charge in [-0.2, -0.15) is 0 Å². The van der Waals surface area contributed by atoms with Crippen LogP contribution >= 0.6 is 27.5 Å². The Morgan fingerprint density at radius 3 is 1.96 bits per heavy atom. The number of carbonyl (C=O) groups excluding carboxylic acids is 2. The molecule has 0 fully saturated rings. The maximum Gasteiger partial charge on any atom is 0.255 e. The average Bonchev–Trinajstić information content (AvgIpc) is 2.66. The molecule has 0 aliphatic carbocycles. The van der Waals surface area contributed by atoms with Gasteiger partial charge in [0, 0.05) is 26.4 Å². The van der Waals surface area contributed by atoms with E-state index in [1.807, 2.05) is 36.4 Å². The minimum Gasteiger partial charge on any atom is -0.326 e. The summed E-state index contributed by atoms with van der Waals surface area (Å²) in [6, 6.07) is 21.2. The summed E-state index contributed by atoms with van der Waals surface area (Å²) < 4.78 is 0.944. The van der Waals surface area contributed by atoms with Crippen LogP contribution in [0, 0.1) is 0 Å². The highest BCUT2D eigenvalue weighted by Gasteiger charge is 2.08. The molecule has 4 nitrogen and oxygen atoms in total. The fourth-order valence-corrected chi connectivity index (χ4v) is 2.82. The predicted molar refractivity (Wildman–Crippen MR) is 112 cm³/mol. The molecule has 0 spiro atoms. The topological polar surface area (TPSA) is 58.2 Å². The van der Waals surface area contributed by atoms with E-state index in [1.54, 1.807) is 36.4 Å².